The Hall–Kier alpha value is -2.00. The molecule has 2 rings (SSSR count). The number of carbonyl (C=O) groups is 1. The van der Waals surface area contributed by atoms with Crippen LogP contribution in [0.3, 0.4) is 0 Å². The van der Waals surface area contributed by atoms with Crippen molar-refractivity contribution in [3.8, 4) is 0 Å². The minimum absolute atomic E-state index is 0.0141. The van der Waals surface area contributed by atoms with E-state index < -0.39 is 0 Å². The van der Waals surface area contributed by atoms with Gasteiger partial charge < -0.3 is 10.6 Å². The van der Waals surface area contributed by atoms with Gasteiger partial charge in [0.15, 0.2) is 0 Å². The summed E-state index contributed by atoms with van der Waals surface area (Å²) < 4.78 is 0. The summed E-state index contributed by atoms with van der Waals surface area (Å²) in [5.74, 6) is 0. The normalized spacial score (nSPS) is 11.8. The number of rotatable bonds is 4. The SMILES string of the molecule is CC[C@@H](NC(=O)Nc1cccc(Cl)c1)c1ccc(C)cc1C. The van der Waals surface area contributed by atoms with E-state index in [9.17, 15) is 4.79 Å². The molecule has 0 saturated carbocycles. The first-order valence-corrected chi connectivity index (χ1v) is 7.77. The number of halogens is 1. The first-order valence-electron chi connectivity index (χ1n) is 7.40. The molecular formula is C18H21ClN2O. The highest BCUT2D eigenvalue weighted by Crippen LogP contribution is 2.22. The summed E-state index contributed by atoms with van der Waals surface area (Å²) in [6, 6.07) is 13.2. The largest absolute Gasteiger partial charge is 0.331 e. The van der Waals surface area contributed by atoms with Gasteiger partial charge in [0.1, 0.15) is 0 Å². The van der Waals surface area contributed by atoms with Crippen LogP contribution in [0.4, 0.5) is 10.5 Å². The van der Waals surface area contributed by atoms with Gasteiger partial charge in [0.25, 0.3) is 0 Å². The summed E-state index contributed by atoms with van der Waals surface area (Å²) in [7, 11) is 0. The van der Waals surface area contributed by atoms with Gasteiger partial charge in [0, 0.05) is 10.7 Å². The lowest BCUT2D eigenvalue weighted by Gasteiger charge is -2.20. The van der Waals surface area contributed by atoms with Crippen LogP contribution in [0.1, 0.15) is 36.1 Å². The fourth-order valence-electron chi connectivity index (χ4n) is 2.51. The third kappa shape index (κ3) is 4.25. The highest BCUT2D eigenvalue weighted by atomic mass is 35.5. The second kappa shape index (κ2) is 7.32. The zero-order chi connectivity index (χ0) is 16.1. The summed E-state index contributed by atoms with van der Waals surface area (Å²) in [5, 5.41) is 6.43. The van der Waals surface area contributed by atoms with Gasteiger partial charge in [-0.25, -0.2) is 4.79 Å². The summed E-state index contributed by atoms with van der Waals surface area (Å²) in [6.07, 6.45) is 0.826. The molecule has 0 saturated heterocycles. The smallest absolute Gasteiger partial charge is 0.319 e. The van der Waals surface area contributed by atoms with Crippen LogP contribution >= 0.6 is 11.6 Å². The molecule has 0 radical (unpaired) electrons. The summed E-state index contributed by atoms with van der Waals surface area (Å²) in [4.78, 5) is 12.2. The zero-order valence-corrected chi connectivity index (χ0v) is 13.9. The number of benzene rings is 2. The van der Waals surface area contributed by atoms with E-state index in [1.54, 1.807) is 18.2 Å². The lowest BCUT2D eigenvalue weighted by Crippen LogP contribution is -2.32. The van der Waals surface area contributed by atoms with Crippen LogP contribution in [0.2, 0.25) is 5.02 Å². The molecule has 2 N–H and O–H groups in total. The predicted molar refractivity (Wildman–Crippen MR) is 92.6 cm³/mol. The number of hydrogen-bond acceptors (Lipinski definition) is 1. The Labute approximate surface area is 136 Å². The van der Waals surface area contributed by atoms with E-state index in [1.165, 1.54) is 11.1 Å². The molecule has 22 heavy (non-hydrogen) atoms. The molecule has 0 unspecified atom stereocenters. The van der Waals surface area contributed by atoms with E-state index in [0.717, 1.165) is 12.0 Å². The molecule has 2 aromatic carbocycles. The zero-order valence-electron chi connectivity index (χ0n) is 13.1. The molecule has 2 amide bonds. The maximum absolute atomic E-state index is 12.2. The topological polar surface area (TPSA) is 41.1 Å². The maximum atomic E-state index is 12.2. The highest BCUT2D eigenvalue weighted by Gasteiger charge is 2.14. The molecule has 0 aliphatic rings. The molecule has 4 heteroatoms. The molecule has 0 heterocycles. The van der Waals surface area contributed by atoms with Gasteiger partial charge in [-0.2, -0.15) is 0 Å². The van der Waals surface area contributed by atoms with Crippen molar-refractivity contribution in [3.63, 3.8) is 0 Å². The van der Waals surface area contributed by atoms with E-state index in [0.29, 0.717) is 10.7 Å². The second-order valence-corrected chi connectivity index (χ2v) is 5.87. The van der Waals surface area contributed by atoms with Crippen LogP contribution in [-0.4, -0.2) is 6.03 Å². The van der Waals surface area contributed by atoms with Gasteiger partial charge in [-0.15, -0.1) is 0 Å². The van der Waals surface area contributed by atoms with Crippen LogP contribution in [0, 0.1) is 13.8 Å². The lowest BCUT2D eigenvalue weighted by atomic mass is 9.98. The Bertz CT molecular complexity index is 670. The number of urea groups is 1. The minimum Gasteiger partial charge on any atom is -0.331 e. The minimum atomic E-state index is -0.228. The van der Waals surface area contributed by atoms with Crippen molar-refractivity contribution in [2.75, 3.05) is 5.32 Å². The van der Waals surface area contributed by atoms with Crippen molar-refractivity contribution < 1.29 is 4.79 Å². The van der Waals surface area contributed by atoms with Gasteiger partial charge in [-0.3, -0.25) is 0 Å². The number of anilines is 1. The maximum Gasteiger partial charge on any atom is 0.319 e. The molecular weight excluding hydrogens is 296 g/mol. The average molecular weight is 317 g/mol. The molecule has 0 aliphatic carbocycles. The molecule has 0 aromatic heterocycles. The van der Waals surface area contributed by atoms with Gasteiger partial charge in [0.05, 0.1) is 6.04 Å². The Morgan fingerprint density at radius 3 is 2.59 bits per heavy atom. The molecule has 3 nitrogen and oxygen atoms in total. The molecule has 0 aliphatic heterocycles. The van der Waals surface area contributed by atoms with E-state index in [4.69, 9.17) is 11.6 Å². The number of carbonyl (C=O) groups excluding carboxylic acids is 1. The van der Waals surface area contributed by atoms with Crippen molar-refractivity contribution in [1.29, 1.82) is 0 Å². The van der Waals surface area contributed by atoms with Gasteiger partial charge in [-0.05, 0) is 49.6 Å². The van der Waals surface area contributed by atoms with Crippen LogP contribution < -0.4 is 10.6 Å². The van der Waals surface area contributed by atoms with Gasteiger partial charge >= 0.3 is 6.03 Å². The third-order valence-electron chi connectivity index (χ3n) is 3.60. The van der Waals surface area contributed by atoms with E-state index in [2.05, 4.69) is 49.6 Å². The second-order valence-electron chi connectivity index (χ2n) is 5.43. The number of amides is 2. The van der Waals surface area contributed by atoms with Gasteiger partial charge in [0.2, 0.25) is 0 Å². The van der Waals surface area contributed by atoms with Crippen molar-refractivity contribution in [1.82, 2.24) is 5.32 Å². The van der Waals surface area contributed by atoms with Crippen molar-refractivity contribution in [3.05, 3.63) is 64.2 Å². The Kier molecular flexibility index (Phi) is 5.45. The first kappa shape index (κ1) is 16.4. The van der Waals surface area contributed by atoms with Crippen molar-refractivity contribution >= 4 is 23.3 Å². The fraction of sp³-hybridized carbons (Fsp3) is 0.278. The molecule has 0 spiro atoms. The quantitative estimate of drug-likeness (QED) is 0.796. The van der Waals surface area contributed by atoms with E-state index >= 15 is 0 Å². The van der Waals surface area contributed by atoms with Crippen LogP contribution in [-0.2, 0) is 0 Å². The van der Waals surface area contributed by atoms with E-state index in [1.807, 2.05) is 6.07 Å². The molecule has 0 bridgehead atoms. The molecule has 2 aromatic rings. The Morgan fingerprint density at radius 2 is 1.95 bits per heavy atom. The first-order chi connectivity index (χ1) is 10.5. The number of hydrogen-bond donors (Lipinski definition) is 2. The van der Waals surface area contributed by atoms with E-state index in [-0.39, 0.29) is 12.1 Å². The number of nitrogens with one attached hydrogen (secondary N) is 2. The third-order valence-corrected chi connectivity index (χ3v) is 3.83. The van der Waals surface area contributed by atoms with Crippen LogP contribution in [0.5, 0.6) is 0 Å². The fourth-order valence-corrected chi connectivity index (χ4v) is 2.70. The average Bonchev–Trinajstić information content (AvgIpc) is 2.45. The number of aryl methyl sites for hydroxylation is 2. The summed E-state index contributed by atoms with van der Waals surface area (Å²) in [6.45, 7) is 6.20. The Balaban J connectivity index is 2.08. The molecule has 0 fully saturated rings. The molecule has 116 valence electrons. The highest BCUT2D eigenvalue weighted by molar-refractivity contribution is 6.30. The lowest BCUT2D eigenvalue weighted by molar-refractivity contribution is 0.248. The van der Waals surface area contributed by atoms with Crippen LogP contribution in [0.15, 0.2) is 42.5 Å². The predicted octanol–water partition coefficient (Wildman–Crippen LogP) is 5.23. The van der Waals surface area contributed by atoms with Crippen molar-refractivity contribution in [2.45, 2.75) is 33.2 Å². The van der Waals surface area contributed by atoms with Crippen LogP contribution in [0.25, 0.3) is 0 Å². The van der Waals surface area contributed by atoms with Crippen molar-refractivity contribution in [2.24, 2.45) is 0 Å². The monoisotopic (exact) mass is 316 g/mol. The molecule has 1 atom stereocenters. The summed E-state index contributed by atoms with van der Waals surface area (Å²) in [5.41, 5.74) is 4.24. The standard InChI is InChI=1S/C18H21ClN2O/c1-4-17(16-9-8-12(2)10-13(16)3)21-18(22)20-15-7-5-6-14(19)11-15/h5-11,17H,4H2,1-3H3,(H2,20,21,22)/t17-/m1/s1. The Morgan fingerprint density at radius 1 is 1.18 bits per heavy atom. The summed E-state index contributed by atoms with van der Waals surface area (Å²) >= 11 is 5.92. The van der Waals surface area contributed by atoms with Gasteiger partial charge in [-0.1, -0.05) is 48.4 Å².